The van der Waals surface area contributed by atoms with Gasteiger partial charge in [0.05, 0.1) is 5.92 Å². The van der Waals surface area contributed by atoms with E-state index in [0.717, 1.165) is 6.42 Å². The Morgan fingerprint density at radius 1 is 1.31 bits per heavy atom. The Morgan fingerprint density at radius 2 is 1.81 bits per heavy atom. The van der Waals surface area contributed by atoms with E-state index in [9.17, 15) is 9.59 Å². The average molecular weight is 230 g/mol. The smallest absolute Gasteiger partial charge is 0.315 e. The van der Waals surface area contributed by atoms with Crippen LogP contribution in [0.2, 0.25) is 0 Å². The minimum absolute atomic E-state index is 0.281. The van der Waals surface area contributed by atoms with E-state index in [0.29, 0.717) is 0 Å². The number of carboxylic acid groups (broad SMARTS) is 1. The highest BCUT2D eigenvalue weighted by Gasteiger charge is 2.23. The minimum atomic E-state index is -0.914. The van der Waals surface area contributed by atoms with E-state index < -0.39 is 17.9 Å². The summed E-state index contributed by atoms with van der Waals surface area (Å²) in [6.07, 6.45) is 0.809. The molecule has 0 saturated heterocycles. The van der Waals surface area contributed by atoms with Crippen molar-refractivity contribution >= 4 is 12.0 Å². The van der Waals surface area contributed by atoms with Crippen molar-refractivity contribution in [2.24, 2.45) is 5.92 Å². The van der Waals surface area contributed by atoms with Crippen molar-refractivity contribution in [3.63, 3.8) is 0 Å². The van der Waals surface area contributed by atoms with Crippen molar-refractivity contribution in [1.29, 1.82) is 0 Å². The number of carboxylic acids is 1. The van der Waals surface area contributed by atoms with Crippen LogP contribution in [-0.2, 0) is 4.79 Å². The standard InChI is InChI=1S/C11H22N2O3/c1-6-11(4,5)13-10(16)12-8(3)7(2)9(14)15/h7-8H,6H2,1-5H3,(H,14,15)(H2,12,13,16). The summed E-state index contributed by atoms with van der Waals surface area (Å²) in [6, 6.07) is -0.724. The number of carbonyl (C=O) groups excluding carboxylic acids is 1. The van der Waals surface area contributed by atoms with E-state index in [1.807, 2.05) is 20.8 Å². The predicted molar refractivity (Wildman–Crippen MR) is 62.3 cm³/mol. The summed E-state index contributed by atoms with van der Waals surface area (Å²) in [6.45, 7) is 9.05. The molecule has 2 atom stereocenters. The van der Waals surface area contributed by atoms with E-state index in [-0.39, 0.29) is 11.6 Å². The van der Waals surface area contributed by atoms with Gasteiger partial charge in [0, 0.05) is 11.6 Å². The fourth-order valence-electron chi connectivity index (χ4n) is 0.977. The second-order valence-corrected chi connectivity index (χ2v) is 4.75. The molecule has 3 N–H and O–H groups in total. The molecular weight excluding hydrogens is 208 g/mol. The molecule has 0 bridgehead atoms. The molecule has 0 aromatic rings. The zero-order valence-electron chi connectivity index (χ0n) is 10.6. The molecule has 0 radical (unpaired) electrons. The molecule has 0 fully saturated rings. The van der Waals surface area contributed by atoms with Crippen molar-refractivity contribution in [1.82, 2.24) is 10.6 Å². The Labute approximate surface area is 96.6 Å². The third-order valence-corrected chi connectivity index (χ3v) is 2.83. The van der Waals surface area contributed by atoms with E-state index >= 15 is 0 Å². The van der Waals surface area contributed by atoms with Crippen molar-refractivity contribution in [3.8, 4) is 0 Å². The SMILES string of the molecule is CCC(C)(C)NC(=O)NC(C)C(C)C(=O)O. The topological polar surface area (TPSA) is 78.4 Å². The van der Waals surface area contributed by atoms with Gasteiger partial charge in [-0.2, -0.15) is 0 Å². The molecule has 0 spiro atoms. The van der Waals surface area contributed by atoms with Crippen LogP contribution in [0, 0.1) is 5.92 Å². The fraction of sp³-hybridized carbons (Fsp3) is 0.818. The summed E-state index contributed by atoms with van der Waals surface area (Å²) in [5.74, 6) is -1.52. The molecule has 0 aromatic heterocycles. The van der Waals surface area contributed by atoms with Crippen molar-refractivity contribution in [2.45, 2.75) is 52.6 Å². The van der Waals surface area contributed by atoms with Crippen LogP contribution in [0.4, 0.5) is 4.79 Å². The summed E-state index contributed by atoms with van der Waals surface area (Å²) >= 11 is 0. The second kappa shape index (κ2) is 5.72. The molecule has 0 aromatic carbocycles. The first kappa shape index (κ1) is 14.7. The van der Waals surface area contributed by atoms with Crippen molar-refractivity contribution < 1.29 is 14.7 Å². The number of nitrogens with one attached hydrogen (secondary N) is 2. The van der Waals surface area contributed by atoms with Crippen LogP contribution in [0.25, 0.3) is 0 Å². The lowest BCUT2D eigenvalue weighted by Gasteiger charge is -2.26. The van der Waals surface area contributed by atoms with E-state index in [1.54, 1.807) is 13.8 Å². The fourth-order valence-corrected chi connectivity index (χ4v) is 0.977. The first-order valence-electron chi connectivity index (χ1n) is 5.51. The first-order valence-corrected chi connectivity index (χ1v) is 5.51. The summed E-state index contributed by atoms with van der Waals surface area (Å²) in [7, 11) is 0. The Hall–Kier alpha value is -1.26. The molecule has 0 saturated carbocycles. The van der Waals surface area contributed by atoms with Crippen LogP contribution >= 0.6 is 0 Å². The van der Waals surface area contributed by atoms with E-state index in [1.165, 1.54) is 0 Å². The highest BCUT2D eigenvalue weighted by molar-refractivity contribution is 5.77. The van der Waals surface area contributed by atoms with Gasteiger partial charge in [0.2, 0.25) is 0 Å². The van der Waals surface area contributed by atoms with E-state index in [2.05, 4.69) is 10.6 Å². The average Bonchev–Trinajstić information content (AvgIpc) is 2.15. The number of urea groups is 1. The molecule has 0 heterocycles. The van der Waals surface area contributed by atoms with Crippen LogP contribution < -0.4 is 10.6 Å². The zero-order valence-corrected chi connectivity index (χ0v) is 10.6. The molecule has 0 rings (SSSR count). The summed E-state index contributed by atoms with van der Waals surface area (Å²) in [4.78, 5) is 22.2. The number of carbonyl (C=O) groups is 2. The van der Waals surface area contributed by atoms with Crippen LogP contribution in [0.5, 0.6) is 0 Å². The van der Waals surface area contributed by atoms with E-state index in [4.69, 9.17) is 5.11 Å². The van der Waals surface area contributed by atoms with Gasteiger partial charge in [-0.25, -0.2) is 4.79 Å². The molecule has 5 heteroatoms. The Kier molecular flexibility index (Phi) is 5.27. The quantitative estimate of drug-likeness (QED) is 0.671. The van der Waals surface area contributed by atoms with Crippen LogP contribution in [0.15, 0.2) is 0 Å². The summed E-state index contributed by atoms with van der Waals surface area (Å²) in [5, 5.41) is 14.2. The normalized spacial score (nSPS) is 15.1. The Balaban J connectivity index is 4.20. The van der Waals surface area contributed by atoms with Gasteiger partial charge in [0.25, 0.3) is 0 Å². The maximum atomic E-state index is 11.5. The number of aliphatic carboxylic acids is 1. The second-order valence-electron chi connectivity index (χ2n) is 4.75. The highest BCUT2D eigenvalue weighted by Crippen LogP contribution is 2.07. The number of hydrogen-bond donors (Lipinski definition) is 3. The molecule has 16 heavy (non-hydrogen) atoms. The maximum absolute atomic E-state index is 11.5. The van der Waals surface area contributed by atoms with Gasteiger partial charge >= 0.3 is 12.0 Å². The summed E-state index contributed by atoms with van der Waals surface area (Å²) in [5.41, 5.74) is -0.281. The van der Waals surface area contributed by atoms with Crippen molar-refractivity contribution in [3.05, 3.63) is 0 Å². The predicted octanol–water partition coefficient (Wildman–Crippen LogP) is 1.58. The largest absolute Gasteiger partial charge is 0.481 e. The van der Waals surface area contributed by atoms with Crippen LogP contribution in [-0.4, -0.2) is 28.7 Å². The monoisotopic (exact) mass is 230 g/mol. The van der Waals surface area contributed by atoms with Gasteiger partial charge in [-0.15, -0.1) is 0 Å². The lowest BCUT2D eigenvalue weighted by atomic mass is 10.0. The van der Waals surface area contributed by atoms with Gasteiger partial charge in [0.15, 0.2) is 0 Å². The minimum Gasteiger partial charge on any atom is -0.481 e. The van der Waals surface area contributed by atoms with Gasteiger partial charge in [-0.3, -0.25) is 4.79 Å². The van der Waals surface area contributed by atoms with Gasteiger partial charge < -0.3 is 15.7 Å². The molecule has 0 aliphatic rings. The van der Waals surface area contributed by atoms with Crippen molar-refractivity contribution in [2.75, 3.05) is 0 Å². The molecule has 2 unspecified atom stereocenters. The molecule has 5 nitrogen and oxygen atoms in total. The third kappa shape index (κ3) is 5.00. The molecule has 0 aliphatic heterocycles. The molecular formula is C11H22N2O3. The number of rotatable bonds is 5. The first-order chi connectivity index (χ1) is 7.19. The number of hydrogen-bond acceptors (Lipinski definition) is 2. The lowest BCUT2D eigenvalue weighted by molar-refractivity contribution is -0.141. The lowest BCUT2D eigenvalue weighted by Crippen LogP contribution is -2.52. The molecule has 2 amide bonds. The molecule has 94 valence electrons. The Bertz CT molecular complexity index is 264. The maximum Gasteiger partial charge on any atom is 0.315 e. The summed E-state index contributed by atoms with van der Waals surface area (Å²) < 4.78 is 0. The van der Waals surface area contributed by atoms with Gasteiger partial charge in [-0.1, -0.05) is 6.92 Å². The van der Waals surface area contributed by atoms with Gasteiger partial charge in [-0.05, 0) is 34.1 Å². The highest BCUT2D eigenvalue weighted by atomic mass is 16.4. The Morgan fingerprint density at radius 3 is 2.19 bits per heavy atom. The van der Waals surface area contributed by atoms with Crippen LogP contribution in [0.3, 0.4) is 0 Å². The van der Waals surface area contributed by atoms with Gasteiger partial charge in [0.1, 0.15) is 0 Å². The zero-order chi connectivity index (χ0) is 12.9. The third-order valence-electron chi connectivity index (χ3n) is 2.83. The van der Waals surface area contributed by atoms with Crippen LogP contribution in [0.1, 0.15) is 41.0 Å². The number of amides is 2. The molecule has 0 aliphatic carbocycles.